The molecule has 1 fully saturated rings. The van der Waals surface area contributed by atoms with Crippen molar-refractivity contribution in [1.29, 1.82) is 0 Å². The van der Waals surface area contributed by atoms with Crippen LogP contribution in [0.5, 0.6) is 0 Å². The number of aromatic nitrogens is 1. The summed E-state index contributed by atoms with van der Waals surface area (Å²) in [4.78, 5) is 7.21. The minimum Gasteiger partial charge on any atom is -0.455 e. The van der Waals surface area contributed by atoms with Gasteiger partial charge in [-0.15, -0.1) is 14.1 Å². The topological polar surface area (TPSA) is 21.8 Å². The van der Waals surface area contributed by atoms with Crippen molar-refractivity contribution >= 4 is 11.3 Å². The summed E-state index contributed by atoms with van der Waals surface area (Å²) in [5, 5.41) is 0. The van der Waals surface area contributed by atoms with Gasteiger partial charge in [-0.1, -0.05) is 0 Å². The molecule has 1 aliphatic carbocycles. The Morgan fingerprint density at radius 3 is 2.83 bits per heavy atom. The van der Waals surface area contributed by atoms with E-state index in [1.54, 1.807) is 0 Å². The lowest BCUT2D eigenvalue weighted by Gasteiger charge is -2.52. The van der Waals surface area contributed by atoms with E-state index in [1.165, 1.54) is 51.7 Å². The van der Waals surface area contributed by atoms with Gasteiger partial charge in [-0.25, -0.2) is 0 Å². The van der Waals surface area contributed by atoms with Crippen LogP contribution in [0, 0.1) is 14.1 Å². The molecule has 3 heterocycles. The van der Waals surface area contributed by atoms with Crippen molar-refractivity contribution in [2.45, 2.75) is 31.2 Å². The molecule has 1 aromatic heterocycles. The van der Waals surface area contributed by atoms with Crippen LogP contribution in [0.2, 0.25) is 0 Å². The first-order valence-corrected chi connectivity index (χ1v) is 6.77. The van der Waals surface area contributed by atoms with Crippen molar-refractivity contribution in [3.05, 3.63) is 43.8 Å². The molecule has 0 radical (unpaired) electrons. The standard InChI is InChI=1S/C15H19N3/c1-17-10-13-11(9-15(17)6-4-7-15)14-12(18(13)2)5-3-8-16-14/h3,5,8,17-18H,1-2,4,6-7,9-10H2. The molecule has 94 valence electrons. The summed E-state index contributed by atoms with van der Waals surface area (Å²) in [6, 6.07) is 4.16. The SMILES string of the molecule is [CH2-][NH+]1C2=C(CC3(CCC3)[NH+]([CH2-])C2)c2ncccc21. The van der Waals surface area contributed by atoms with Gasteiger partial charge in [0.1, 0.15) is 23.6 Å². The van der Waals surface area contributed by atoms with E-state index in [-0.39, 0.29) is 0 Å². The van der Waals surface area contributed by atoms with E-state index < -0.39 is 0 Å². The van der Waals surface area contributed by atoms with E-state index in [0.29, 0.717) is 5.54 Å². The zero-order valence-corrected chi connectivity index (χ0v) is 10.6. The van der Waals surface area contributed by atoms with Gasteiger partial charge in [0.15, 0.2) is 0 Å². The predicted octanol–water partition coefficient (Wildman–Crippen LogP) is 0.117. The molecule has 2 N–H and O–H groups in total. The van der Waals surface area contributed by atoms with Crippen LogP contribution in [0.15, 0.2) is 24.0 Å². The predicted molar refractivity (Wildman–Crippen MR) is 69.5 cm³/mol. The van der Waals surface area contributed by atoms with E-state index in [4.69, 9.17) is 0 Å². The molecule has 18 heavy (non-hydrogen) atoms. The quantitative estimate of drug-likeness (QED) is 0.619. The number of fused-ring (bicyclic) bond motifs is 2. The van der Waals surface area contributed by atoms with Crippen LogP contribution in [0.3, 0.4) is 0 Å². The van der Waals surface area contributed by atoms with Crippen molar-refractivity contribution in [1.82, 2.24) is 4.98 Å². The molecule has 0 saturated heterocycles. The number of quaternary nitrogens is 2. The third-order valence-electron chi connectivity index (χ3n) is 5.11. The highest BCUT2D eigenvalue weighted by Gasteiger charge is 2.49. The molecular formula is C15H19N3. The Kier molecular flexibility index (Phi) is 2.04. The molecule has 2 atom stereocenters. The zero-order valence-electron chi connectivity index (χ0n) is 10.6. The van der Waals surface area contributed by atoms with E-state index in [1.807, 2.05) is 12.3 Å². The molecule has 2 unspecified atom stereocenters. The summed E-state index contributed by atoms with van der Waals surface area (Å²) >= 11 is 0. The third kappa shape index (κ3) is 1.19. The number of hydrogen-bond acceptors (Lipinski definition) is 1. The summed E-state index contributed by atoms with van der Waals surface area (Å²) < 4.78 is 0. The van der Waals surface area contributed by atoms with Crippen LogP contribution in [0.25, 0.3) is 5.57 Å². The maximum atomic E-state index is 4.59. The number of rotatable bonds is 0. The molecule has 3 aliphatic rings. The minimum atomic E-state index is 0.401. The summed E-state index contributed by atoms with van der Waals surface area (Å²) in [5.74, 6) is 0. The van der Waals surface area contributed by atoms with E-state index in [2.05, 4.69) is 25.1 Å². The second kappa shape index (κ2) is 3.43. The van der Waals surface area contributed by atoms with Crippen molar-refractivity contribution < 1.29 is 9.80 Å². The Morgan fingerprint density at radius 1 is 1.28 bits per heavy atom. The Morgan fingerprint density at radius 2 is 2.11 bits per heavy atom. The molecule has 3 nitrogen and oxygen atoms in total. The normalized spacial score (nSPS) is 32.1. The molecule has 1 aromatic rings. The largest absolute Gasteiger partial charge is 0.455 e. The van der Waals surface area contributed by atoms with Crippen molar-refractivity contribution in [3.63, 3.8) is 0 Å². The lowest BCUT2D eigenvalue weighted by atomic mass is 9.69. The average Bonchev–Trinajstić information content (AvgIpc) is 2.61. The van der Waals surface area contributed by atoms with Crippen LogP contribution < -0.4 is 9.80 Å². The van der Waals surface area contributed by atoms with Crippen LogP contribution in [0.1, 0.15) is 31.4 Å². The van der Waals surface area contributed by atoms with Crippen molar-refractivity contribution in [3.8, 4) is 0 Å². The monoisotopic (exact) mass is 241 g/mol. The molecular weight excluding hydrogens is 222 g/mol. The Balaban J connectivity index is 1.82. The number of nitrogens with zero attached hydrogens (tertiary/aromatic N) is 1. The van der Waals surface area contributed by atoms with E-state index in [0.717, 1.165) is 13.0 Å². The highest BCUT2D eigenvalue weighted by atomic mass is 15.3. The van der Waals surface area contributed by atoms with Gasteiger partial charge in [-0.3, -0.25) is 4.98 Å². The number of hydrogen-bond donors (Lipinski definition) is 2. The van der Waals surface area contributed by atoms with Crippen LogP contribution >= 0.6 is 0 Å². The van der Waals surface area contributed by atoms with Gasteiger partial charge < -0.3 is 9.80 Å². The van der Waals surface area contributed by atoms with Crippen LogP contribution in [-0.4, -0.2) is 17.1 Å². The van der Waals surface area contributed by atoms with Crippen LogP contribution in [-0.2, 0) is 0 Å². The zero-order chi connectivity index (χ0) is 12.3. The maximum Gasteiger partial charge on any atom is 0.145 e. The van der Waals surface area contributed by atoms with Gasteiger partial charge in [0, 0.05) is 31.5 Å². The Bertz CT molecular complexity index is 542. The molecule has 3 heteroatoms. The average molecular weight is 241 g/mol. The van der Waals surface area contributed by atoms with Crippen LogP contribution in [0.4, 0.5) is 5.69 Å². The summed E-state index contributed by atoms with van der Waals surface area (Å²) in [6.07, 6.45) is 7.04. The fourth-order valence-electron chi connectivity index (χ4n) is 3.78. The van der Waals surface area contributed by atoms with Gasteiger partial charge in [-0.05, 0) is 12.5 Å². The lowest BCUT2D eigenvalue weighted by molar-refractivity contribution is -0.929. The summed E-state index contributed by atoms with van der Waals surface area (Å²) in [6.45, 7) is 1.02. The fourth-order valence-corrected chi connectivity index (χ4v) is 3.78. The minimum absolute atomic E-state index is 0.401. The second-order valence-corrected chi connectivity index (χ2v) is 5.93. The van der Waals surface area contributed by atoms with Gasteiger partial charge in [0.05, 0.1) is 11.1 Å². The second-order valence-electron chi connectivity index (χ2n) is 5.93. The highest BCUT2D eigenvalue weighted by molar-refractivity contribution is 5.76. The smallest absolute Gasteiger partial charge is 0.145 e. The lowest BCUT2D eigenvalue weighted by Crippen LogP contribution is -3.20. The molecule has 2 aliphatic heterocycles. The van der Waals surface area contributed by atoms with E-state index in [9.17, 15) is 0 Å². The highest BCUT2D eigenvalue weighted by Crippen LogP contribution is 2.42. The first kappa shape index (κ1) is 10.7. The van der Waals surface area contributed by atoms with Crippen molar-refractivity contribution in [2.24, 2.45) is 0 Å². The molecule has 0 bridgehead atoms. The number of pyridine rings is 1. The molecule has 4 rings (SSSR count). The van der Waals surface area contributed by atoms with Gasteiger partial charge in [-0.2, -0.15) is 0 Å². The van der Waals surface area contributed by atoms with Gasteiger partial charge >= 0.3 is 0 Å². The third-order valence-corrected chi connectivity index (χ3v) is 5.11. The Hall–Kier alpha value is -1.19. The maximum absolute atomic E-state index is 4.59. The first-order valence-electron chi connectivity index (χ1n) is 6.77. The Labute approximate surface area is 108 Å². The van der Waals surface area contributed by atoms with Gasteiger partial charge in [0.25, 0.3) is 0 Å². The molecule has 0 amide bonds. The summed E-state index contributed by atoms with van der Waals surface area (Å²) in [5.41, 5.74) is 5.70. The first-order chi connectivity index (χ1) is 8.71. The summed E-state index contributed by atoms with van der Waals surface area (Å²) in [7, 11) is 8.62. The van der Waals surface area contributed by atoms with E-state index >= 15 is 0 Å². The molecule has 1 spiro atoms. The van der Waals surface area contributed by atoms with Gasteiger partial charge in [0.2, 0.25) is 0 Å². The molecule has 1 saturated carbocycles. The van der Waals surface area contributed by atoms with Crippen molar-refractivity contribution in [2.75, 3.05) is 6.54 Å². The number of nitrogens with one attached hydrogen (secondary N) is 2. The fraction of sp³-hybridized carbons (Fsp3) is 0.400. The molecule has 0 aromatic carbocycles.